The number of nitrogens with zero attached hydrogens (tertiary/aromatic N) is 3. The highest BCUT2D eigenvalue weighted by atomic mass is 19.1. The van der Waals surface area contributed by atoms with Crippen molar-refractivity contribution in [2.45, 2.75) is 26.9 Å². The first kappa shape index (κ1) is 15.2. The van der Waals surface area contributed by atoms with E-state index < -0.39 is 0 Å². The molecule has 0 saturated carbocycles. The molecular weight excluding hydrogens is 273 g/mol. The summed E-state index contributed by atoms with van der Waals surface area (Å²) in [6.45, 7) is 3.67. The van der Waals surface area contributed by atoms with Crippen molar-refractivity contribution in [3.8, 4) is 0 Å². The average molecular weight is 291 g/mol. The van der Waals surface area contributed by atoms with Gasteiger partial charge in [0.25, 0.3) is 0 Å². The van der Waals surface area contributed by atoms with Crippen LogP contribution in [0.5, 0.6) is 0 Å². The molecule has 0 fully saturated rings. The second-order valence-electron chi connectivity index (χ2n) is 5.07. The Morgan fingerprint density at radius 3 is 2.81 bits per heavy atom. The lowest BCUT2D eigenvalue weighted by atomic mass is 10.0. The normalized spacial score (nSPS) is 12.2. The number of aryl methyl sites for hydroxylation is 1. The van der Waals surface area contributed by atoms with Crippen molar-refractivity contribution in [2.75, 3.05) is 0 Å². The summed E-state index contributed by atoms with van der Waals surface area (Å²) in [5.74, 6) is 0.372. The van der Waals surface area contributed by atoms with Crippen molar-refractivity contribution >= 4 is 5.97 Å². The molecule has 1 aromatic heterocycles. The van der Waals surface area contributed by atoms with Crippen molar-refractivity contribution in [1.82, 2.24) is 14.8 Å². The summed E-state index contributed by atoms with van der Waals surface area (Å²) in [4.78, 5) is 12.0. The lowest BCUT2D eigenvalue weighted by Gasteiger charge is -2.11. The van der Waals surface area contributed by atoms with Gasteiger partial charge >= 0.3 is 5.97 Å². The van der Waals surface area contributed by atoms with Crippen LogP contribution in [0, 0.1) is 18.7 Å². The second kappa shape index (κ2) is 6.47. The summed E-state index contributed by atoms with van der Waals surface area (Å²) < 4.78 is 20.1. The van der Waals surface area contributed by atoms with Crippen LogP contribution in [0.2, 0.25) is 0 Å². The number of hydrogen-bond acceptors (Lipinski definition) is 4. The van der Waals surface area contributed by atoms with E-state index in [-0.39, 0.29) is 24.3 Å². The molecule has 1 aromatic carbocycles. The van der Waals surface area contributed by atoms with Gasteiger partial charge in [-0.3, -0.25) is 4.79 Å². The molecule has 0 radical (unpaired) electrons. The first-order valence-electron chi connectivity index (χ1n) is 6.73. The highest BCUT2D eigenvalue weighted by Gasteiger charge is 2.17. The van der Waals surface area contributed by atoms with Gasteiger partial charge < -0.3 is 9.30 Å². The van der Waals surface area contributed by atoms with Gasteiger partial charge in [0.15, 0.2) is 12.4 Å². The van der Waals surface area contributed by atoms with E-state index in [0.717, 1.165) is 11.4 Å². The van der Waals surface area contributed by atoms with E-state index in [1.165, 1.54) is 12.1 Å². The van der Waals surface area contributed by atoms with Gasteiger partial charge in [-0.25, -0.2) is 4.39 Å². The van der Waals surface area contributed by atoms with Crippen LogP contribution in [0.3, 0.4) is 0 Å². The molecule has 2 aromatic rings. The third-order valence-corrected chi connectivity index (χ3v) is 3.36. The highest BCUT2D eigenvalue weighted by Crippen LogP contribution is 2.12. The first-order chi connectivity index (χ1) is 9.97. The molecule has 0 saturated heterocycles. The molecule has 0 bridgehead atoms. The van der Waals surface area contributed by atoms with Crippen LogP contribution in [-0.2, 0) is 29.6 Å². The van der Waals surface area contributed by atoms with E-state index in [1.54, 1.807) is 23.6 Å². The van der Waals surface area contributed by atoms with Crippen LogP contribution in [0.15, 0.2) is 24.3 Å². The van der Waals surface area contributed by atoms with Crippen LogP contribution in [0.25, 0.3) is 0 Å². The molecule has 6 heteroatoms. The van der Waals surface area contributed by atoms with Crippen LogP contribution in [0.4, 0.5) is 4.39 Å². The van der Waals surface area contributed by atoms with Crippen molar-refractivity contribution in [1.29, 1.82) is 0 Å². The molecule has 2 rings (SSSR count). The lowest BCUT2D eigenvalue weighted by molar-refractivity contribution is -0.149. The number of esters is 1. The fourth-order valence-corrected chi connectivity index (χ4v) is 1.96. The van der Waals surface area contributed by atoms with E-state index in [0.29, 0.717) is 12.2 Å². The van der Waals surface area contributed by atoms with Crippen molar-refractivity contribution in [3.63, 3.8) is 0 Å². The van der Waals surface area contributed by atoms with Crippen LogP contribution >= 0.6 is 0 Å². The van der Waals surface area contributed by atoms with Gasteiger partial charge in [-0.2, -0.15) is 0 Å². The molecular formula is C15H18FN3O2. The summed E-state index contributed by atoms with van der Waals surface area (Å²) >= 11 is 0. The van der Waals surface area contributed by atoms with E-state index in [4.69, 9.17) is 4.74 Å². The molecule has 0 aliphatic rings. The number of ether oxygens (including phenoxy) is 1. The molecule has 0 N–H and O–H groups in total. The lowest BCUT2D eigenvalue weighted by Crippen LogP contribution is -2.18. The molecule has 21 heavy (non-hydrogen) atoms. The number of benzene rings is 1. The SMILES string of the molecule is Cc1nnc(COC(=O)C(C)Cc2cccc(F)c2)n1C. The summed E-state index contributed by atoms with van der Waals surface area (Å²) in [5.41, 5.74) is 0.772. The van der Waals surface area contributed by atoms with Gasteiger partial charge in [0.05, 0.1) is 5.92 Å². The molecule has 1 atom stereocenters. The van der Waals surface area contributed by atoms with Gasteiger partial charge in [0.1, 0.15) is 11.6 Å². The largest absolute Gasteiger partial charge is 0.457 e. The Balaban J connectivity index is 1.89. The van der Waals surface area contributed by atoms with Crippen LogP contribution in [-0.4, -0.2) is 20.7 Å². The van der Waals surface area contributed by atoms with E-state index in [1.807, 2.05) is 14.0 Å². The van der Waals surface area contributed by atoms with Gasteiger partial charge in [-0.05, 0) is 31.0 Å². The Bertz CT molecular complexity index is 640. The topological polar surface area (TPSA) is 57.0 Å². The maximum Gasteiger partial charge on any atom is 0.309 e. The zero-order valence-electron chi connectivity index (χ0n) is 12.3. The van der Waals surface area contributed by atoms with Gasteiger partial charge in [0.2, 0.25) is 0 Å². The predicted molar refractivity (Wildman–Crippen MR) is 74.8 cm³/mol. The maximum atomic E-state index is 13.1. The minimum absolute atomic E-state index is 0.0870. The Labute approximate surface area is 122 Å². The molecule has 0 spiro atoms. The number of hydrogen-bond donors (Lipinski definition) is 0. The Morgan fingerprint density at radius 1 is 1.43 bits per heavy atom. The zero-order valence-corrected chi connectivity index (χ0v) is 12.3. The molecule has 5 nitrogen and oxygen atoms in total. The quantitative estimate of drug-likeness (QED) is 0.792. The van der Waals surface area contributed by atoms with Gasteiger partial charge in [0, 0.05) is 7.05 Å². The first-order valence-corrected chi connectivity index (χ1v) is 6.73. The van der Waals surface area contributed by atoms with E-state index in [9.17, 15) is 9.18 Å². The summed E-state index contributed by atoms with van der Waals surface area (Å²) in [6, 6.07) is 6.22. The molecule has 1 heterocycles. The summed E-state index contributed by atoms with van der Waals surface area (Å²) in [7, 11) is 1.81. The summed E-state index contributed by atoms with van der Waals surface area (Å²) in [6.07, 6.45) is 0.439. The van der Waals surface area contributed by atoms with Crippen molar-refractivity contribution in [2.24, 2.45) is 13.0 Å². The number of aromatic nitrogens is 3. The average Bonchev–Trinajstić information content (AvgIpc) is 2.76. The van der Waals surface area contributed by atoms with Gasteiger partial charge in [-0.1, -0.05) is 19.1 Å². The fourth-order valence-electron chi connectivity index (χ4n) is 1.96. The fraction of sp³-hybridized carbons (Fsp3) is 0.400. The number of halogens is 1. The predicted octanol–water partition coefficient (Wildman–Crippen LogP) is 2.18. The molecule has 0 aliphatic carbocycles. The molecule has 112 valence electrons. The van der Waals surface area contributed by atoms with E-state index in [2.05, 4.69) is 10.2 Å². The standard InChI is InChI=1S/C15H18FN3O2/c1-10(7-12-5-4-6-13(16)8-12)15(20)21-9-14-18-17-11(2)19(14)3/h4-6,8,10H,7,9H2,1-3H3. The molecule has 1 unspecified atom stereocenters. The highest BCUT2D eigenvalue weighted by molar-refractivity contribution is 5.72. The Kier molecular flexibility index (Phi) is 4.67. The Morgan fingerprint density at radius 2 is 2.19 bits per heavy atom. The van der Waals surface area contributed by atoms with Crippen LogP contribution in [0.1, 0.15) is 24.1 Å². The number of carbonyl (C=O) groups excluding carboxylic acids is 1. The van der Waals surface area contributed by atoms with Gasteiger partial charge in [-0.15, -0.1) is 10.2 Å². The minimum Gasteiger partial charge on any atom is -0.457 e. The molecule has 0 aliphatic heterocycles. The Hall–Kier alpha value is -2.24. The smallest absolute Gasteiger partial charge is 0.309 e. The molecule has 0 amide bonds. The maximum absolute atomic E-state index is 13.1. The van der Waals surface area contributed by atoms with E-state index >= 15 is 0 Å². The third kappa shape index (κ3) is 3.87. The van der Waals surface area contributed by atoms with Crippen LogP contribution < -0.4 is 0 Å². The number of rotatable bonds is 5. The zero-order chi connectivity index (χ0) is 15.4. The monoisotopic (exact) mass is 291 g/mol. The number of carbonyl (C=O) groups is 1. The van der Waals surface area contributed by atoms with Crippen molar-refractivity contribution in [3.05, 3.63) is 47.3 Å². The summed E-state index contributed by atoms with van der Waals surface area (Å²) in [5, 5.41) is 7.82. The third-order valence-electron chi connectivity index (χ3n) is 3.36. The second-order valence-corrected chi connectivity index (χ2v) is 5.07. The van der Waals surface area contributed by atoms with Crippen molar-refractivity contribution < 1.29 is 13.9 Å². The minimum atomic E-state index is -0.346.